The molecule has 0 saturated carbocycles. The third kappa shape index (κ3) is 2.76. The molecule has 2 aromatic rings. The molecular weight excluding hydrogens is 354 g/mol. The first-order valence-corrected chi connectivity index (χ1v) is 7.81. The van der Waals surface area contributed by atoms with Crippen LogP contribution in [0.4, 0.5) is 0 Å². The lowest BCUT2D eigenvalue weighted by Crippen LogP contribution is -2.14. The molecule has 0 aromatic heterocycles. The zero-order chi connectivity index (χ0) is 15.0. The molecule has 3 nitrogen and oxygen atoms in total. The summed E-state index contributed by atoms with van der Waals surface area (Å²) in [6, 6.07) is 9.27. The number of methoxy groups -OCH3 is 1. The van der Waals surface area contributed by atoms with Crippen molar-refractivity contribution in [3.63, 3.8) is 0 Å². The van der Waals surface area contributed by atoms with Crippen LogP contribution in [0.1, 0.15) is 22.7 Å². The van der Waals surface area contributed by atoms with Crippen LogP contribution in [-0.4, -0.2) is 13.7 Å². The zero-order valence-electron chi connectivity index (χ0n) is 11.5. The molecule has 1 atom stereocenters. The molecule has 0 fully saturated rings. The van der Waals surface area contributed by atoms with Gasteiger partial charge in [-0.25, -0.2) is 0 Å². The molecule has 0 saturated heterocycles. The first-order valence-electron chi connectivity index (χ1n) is 6.64. The van der Waals surface area contributed by atoms with Gasteiger partial charge in [0.15, 0.2) is 0 Å². The minimum absolute atomic E-state index is 0.349. The number of benzene rings is 2. The maximum absolute atomic E-state index is 6.45. The Morgan fingerprint density at radius 1 is 1.29 bits per heavy atom. The van der Waals surface area contributed by atoms with E-state index in [9.17, 15) is 0 Å². The van der Waals surface area contributed by atoms with Crippen LogP contribution >= 0.6 is 27.5 Å². The maximum Gasteiger partial charge on any atom is 0.127 e. The van der Waals surface area contributed by atoms with E-state index in [4.69, 9.17) is 26.8 Å². The first kappa shape index (κ1) is 14.7. The quantitative estimate of drug-likeness (QED) is 0.887. The van der Waals surface area contributed by atoms with Gasteiger partial charge in [0.05, 0.1) is 19.8 Å². The maximum atomic E-state index is 6.45. The van der Waals surface area contributed by atoms with Gasteiger partial charge in [-0.15, -0.1) is 0 Å². The number of fused-ring (bicyclic) bond motifs is 1. The van der Waals surface area contributed by atoms with Gasteiger partial charge in [0.25, 0.3) is 0 Å². The van der Waals surface area contributed by atoms with E-state index in [1.54, 1.807) is 7.11 Å². The van der Waals surface area contributed by atoms with Crippen LogP contribution in [0.15, 0.2) is 34.8 Å². The second-order valence-corrected chi connectivity index (χ2v) is 6.30. The van der Waals surface area contributed by atoms with E-state index in [0.717, 1.165) is 39.1 Å². The molecule has 1 heterocycles. The minimum atomic E-state index is -0.349. The van der Waals surface area contributed by atoms with Gasteiger partial charge < -0.3 is 15.2 Å². The third-order valence-corrected chi connectivity index (χ3v) is 4.35. The van der Waals surface area contributed by atoms with Crippen molar-refractivity contribution in [3.05, 3.63) is 56.5 Å². The summed E-state index contributed by atoms with van der Waals surface area (Å²) in [5, 5.41) is 0.681. The summed E-state index contributed by atoms with van der Waals surface area (Å²) in [5.74, 6) is 1.60. The largest absolute Gasteiger partial charge is 0.496 e. The molecular formula is C16H15BrClNO2. The van der Waals surface area contributed by atoms with E-state index < -0.39 is 0 Å². The lowest BCUT2D eigenvalue weighted by Gasteiger charge is -2.19. The fourth-order valence-electron chi connectivity index (χ4n) is 2.64. The monoisotopic (exact) mass is 367 g/mol. The highest BCUT2D eigenvalue weighted by Crippen LogP contribution is 2.40. The Labute approximate surface area is 137 Å². The van der Waals surface area contributed by atoms with Gasteiger partial charge in [0.1, 0.15) is 11.5 Å². The summed E-state index contributed by atoms with van der Waals surface area (Å²) in [6.07, 6.45) is 0.868. The molecule has 0 amide bonds. The van der Waals surface area contributed by atoms with Gasteiger partial charge in [-0.3, -0.25) is 0 Å². The highest BCUT2D eigenvalue weighted by Gasteiger charge is 2.24. The highest BCUT2D eigenvalue weighted by atomic mass is 79.9. The van der Waals surface area contributed by atoms with Crippen LogP contribution in [0, 0.1) is 0 Å². The number of halogens is 2. The number of nitrogens with two attached hydrogens (primary N) is 1. The zero-order valence-corrected chi connectivity index (χ0v) is 13.9. The van der Waals surface area contributed by atoms with Crippen LogP contribution in [-0.2, 0) is 6.42 Å². The van der Waals surface area contributed by atoms with Crippen molar-refractivity contribution in [1.82, 2.24) is 0 Å². The summed E-state index contributed by atoms with van der Waals surface area (Å²) >= 11 is 9.65. The van der Waals surface area contributed by atoms with Gasteiger partial charge >= 0.3 is 0 Å². The Kier molecular flexibility index (Phi) is 4.11. The molecule has 21 heavy (non-hydrogen) atoms. The Bertz CT molecular complexity index is 690. The van der Waals surface area contributed by atoms with Crippen LogP contribution in [0.3, 0.4) is 0 Å². The van der Waals surface area contributed by atoms with Crippen LogP contribution in [0.25, 0.3) is 0 Å². The molecule has 1 aliphatic heterocycles. The molecule has 1 aliphatic rings. The lowest BCUT2D eigenvalue weighted by atomic mass is 9.96. The molecule has 0 bridgehead atoms. The average molecular weight is 369 g/mol. The standard InChI is InChI=1S/C16H15BrClNO2/c1-20-14-7-10(17)2-3-12(14)15(19)13-8-11(18)6-9-4-5-21-16(9)13/h2-3,6-8,15H,4-5,19H2,1H3. The van der Waals surface area contributed by atoms with Crippen molar-refractivity contribution in [2.45, 2.75) is 12.5 Å². The smallest absolute Gasteiger partial charge is 0.127 e. The Hall–Kier alpha value is -1.23. The molecule has 0 radical (unpaired) electrons. The molecule has 0 aliphatic carbocycles. The summed E-state index contributed by atoms with van der Waals surface area (Å²) < 4.78 is 12.1. The van der Waals surface area contributed by atoms with Gasteiger partial charge in [-0.05, 0) is 29.8 Å². The van der Waals surface area contributed by atoms with Gasteiger partial charge in [0, 0.05) is 27.0 Å². The fraction of sp³-hybridized carbons (Fsp3) is 0.250. The van der Waals surface area contributed by atoms with Crippen molar-refractivity contribution in [3.8, 4) is 11.5 Å². The van der Waals surface area contributed by atoms with Crippen LogP contribution < -0.4 is 15.2 Å². The van der Waals surface area contributed by atoms with Crippen LogP contribution in [0.5, 0.6) is 11.5 Å². The molecule has 5 heteroatoms. The van der Waals surface area contributed by atoms with Gasteiger partial charge in [-0.2, -0.15) is 0 Å². The first-order chi connectivity index (χ1) is 10.1. The Morgan fingerprint density at radius 3 is 2.86 bits per heavy atom. The van der Waals surface area contributed by atoms with E-state index in [1.807, 2.05) is 30.3 Å². The van der Waals surface area contributed by atoms with Crippen LogP contribution in [0.2, 0.25) is 5.02 Å². The number of ether oxygens (including phenoxy) is 2. The van der Waals surface area contributed by atoms with Crippen molar-refractivity contribution >= 4 is 27.5 Å². The minimum Gasteiger partial charge on any atom is -0.496 e. The second-order valence-electron chi connectivity index (χ2n) is 4.95. The van der Waals surface area contributed by atoms with Crippen molar-refractivity contribution in [2.24, 2.45) is 5.73 Å². The number of hydrogen-bond acceptors (Lipinski definition) is 3. The predicted octanol–water partition coefficient (Wildman–Crippen LogP) is 4.09. The van der Waals surface area contributed by atoms with E-state index in [-0.39, 0.29) is 6.04 Å². The molecule has 110 valence electrons. The molecule has 2 aromatic carbocycles. The highest BCUT2D eigenvalue weighted by molar-refractivity contribution is 9.10. The van der Waals surface area contributed by atoms with Crippen molar-refractivity contribution in [2.75, 3.05) is 13.7 Å². The van der Waals surface area contributed by atoms with E-state index >= 15 is 0 Å². The van der Waals surface area contributed by atoms with Crippen molar-refractivity contribution < 1.29 is 9.47 Å². The fourth-order valence-corrected chi connectivity index (χ4v) is 3.23. The van der Waals surface area contributed by atoms with E-state index in [1.165, 1.54) is 0 Å². The molecule has 3 rings (SSSR count). The summed E-state index contributed by atoms with van der Waals surface area (Å²) in [5.41, 5.74) is 9.37. The van der Waals surface area contributed by atoms with Crippen molar-refractivity contribution in [1.29, 1.82) is 0 Å². The topological polar surface area (TPSA) is 44.5 Å². The molecule has 1 unspecified atom stereocenters. The average Bonchev–Trinajstić information content (AvgIpc) is 2.93. The molecule has 2 N–H and O–H groups in total. The second kappa shape index (κ2) is 5.87. The number of hydrogen-bond donors (Lipinski definition) is 1. The van der Waals surface area contributed by atoms with Gasteiger partial charge in [-0.1, -0.05) is 33.6 Å². The normalized spacial score (nSPS) is 14.5. The van der Waals surface area contributed by atoms with E-state index in [0.29, 0.717) is 11.6 Å². The Balaban J connectivity index is 2.09. The summed E-state index contributed by atoms with van der Waals surface area (Å²) in [7, 11) is 1.64. The SMILES string of the molecule is COc1cc(Br)ccc1C(N)c1cc(Cl)cc2c1OCC2. The summed E-state index contributed by atoms with van der Waals surface area (Å²) in [6.45, 7) is 0.673. The van der Waals surface area contributed by atoms with Gasteiger partial charge in [0.2, 0.25) is 0 Å². The Morgan fingerprint density at radius 2 is 2.10 bits per heavy atom. The number of rotatable bonds is 3. The predicted molar refractivity (Wildman–Crippen MR) is 87.4 cm³/mol. The summed E-state index contributed by atoms with van der Waals surface area (Å²) in [4.78, 5) is 0. The lowest BCUT2D eigenvalue weighted by molar-refractivity contribution is 0.352. The third-order valence-electron chi connectivity index (χ3n) is 3.64. The van der Waals surface area contributed by atoms with E-state index in [2.05, 4.69) is 15.9 Å². The molecule has 0 spiro atoms.